The van der Waals surface area contributed by atoms with Crippen molar-refractivity contribution in [3.05, 3.63) is 29.3 Å². The number of hydrogen-bond acceptors (Lipinski definition) is 3. The van der Waals surface area contributed by atoms with Gasteiger partial charge < -0.3 is 15.1 Å². The maximum atomic E-state index is 12.7. The number of nitrogens with zero attached hydrogens (tertiary/aromatic N) is 2. The lowest BCUT2D eigenvalue weighted by Gasteiger charge is -2.39. The Kier molecular flexibility index (Phi) is 4.15. The Hall–Kier alpha value is -1.55. The molecule has 0 aromatic heterocycles. The van der Waals surface area contributed by atoms with Gasteiger partial charge in [0.05, 0.1) is 0 Å². The SMILES string of the molecule is Cc1ccc2c(c1)CCCN2C(C)C(=O)N1CCNCC1. The van der Waals surface area contributed by atoms with Crippen molar-refractivity contribution in [3.8, 4) is 0 Å². The number of hydrogen-bond donors (Lipinski definition) is 1. The van der Waals surface area contributed by atoms with Crippen LogP contribution in [0.15, 0.2) is 18.2 Å². The van der Waals surface area contributed by atoms with Gasteiger partial charge in [-0.15, -0.1) is 0 Å². The molecule has 1 amide bonds. The van der Waals surface area contributed by atoms with Crippen molar-refractivity contribution in [1.82, 2.24) is 10.2 Å². The topological polar surface area (TPSA) is 35.6 Å². The van der Waals surface area contributed by atoms with Gasteiger partial charge in [-0.05, 0) is 38.3 Å². The van der Waals surface area contributed by atoms with Crippen LogP contribution < -0.4 is 10.2 Å². The summed E-state index contributed by atoms with van der Waals surface area (Å²) in [6, 6.07) is 6.54. The van der Waals surface area contributed by atoms with E-state index in [4.69, 9.17) is 0 Å². The average molecular weight is 287 g/mol. The minimum Gasteiger partial charge on any atom is -0.360 e. The molecule has 0 saturated carbocycles. The van der Waals surface area contributed by atoms with Crippen LogP contribution >= 0.6 is 0 Å². The fraction of sp³-hybridized carbons (Fsp3) is 0.588. The molecule has 2 aliphatic heterocycles. The van der Waals surface area contributed by atoms with Gasteiger partial charge in [0.2, 0.25) is 5.91 Å². The van der Waals surface area contributed by atoms with Crippen molar-refractivity contribution in [3.63, 3.8) is 0 Å². The molecule has 0 radical (unpaired) electrons. The van der Waals surface area contributed by atoms with Crippen LogP contribution in [0.4, 0.5) is 5.69 Å². The van der Waals surface area contributed by atoms with E-state index in [1.54, 1.807) is 0 Å². The zero-order chi connectivity index (χ0) is 14.8. The van der Waals surface area contributed by atoms with Crippen molar-refractivity contribution in [1.29, 1.82) is 0 Å². The molecular formula is C17H25N3O. The molecule has 0 bridgehead atoms. The third-order valence-corrected chi connectivity index (χ3v) is 4.64. The summed E-state index contributed by atoms with van der Waals surface area (Å²) < 4.78 is 0. The molecule has 1 aromatic rings. The van der Waals surface area contributed by atoms with Gasteiger partial charge in [-0.1, -0.05) is 17.7 Å². The second kappa shape index (κ2) is 6.06. The van der Waals surface area contributed by atoms with E-state index >= 15 is 0 Å². The summed E-state index contributed by atoms with van der Waals surface area (Å²) in [5, 5.41) is 3.30. The van der Waals surface area contributed by atoms with E-state index in [2.05, 4.69) is 42.3 Å². The summed E-state index contributed by atoms with van der Waals surface area (Å²) in [6.07, 6.45) is 2.26. The first-order valence-corrected chi connectivity index (χ1v) is 8.02. The number of aryl methyl sites for hydroxylation is 2. The van der Waals surface area contributed by atoms with E-state index < -0.39 is 0 Å². The van der Waals surface area contributed by atoms with Crippen LogP contribution in [-0.2, 0) is 11.2 Å². The monoisotopic (exact) mass is 287 g/mol. The first-order chi connectivity index (χ1) is 10.2. The molecule has 0 spiro atoms. The third kappa shape index (κ3) is 2.91. The van der Waals surface area contributed by atoms with Crippen molar-refractivity contribution in [2.24, 2.45) is 0 Å². The van der Waals surface area contributed by atoms with Crippen molar-refractivity contribution in [2.45, 2.75) is 32.7 Å². The first-order valence-electron chi connectivity index (χ1n) is 8.02. The van der Waals surface area contributed by atoms with Gasteiger partial charge >= 0.3 is 0 Å². The molecule has 4 nitrogen and oxygen atoms in total. The van der Waals surface area contributed by atoms with E-state index in [0.717, 1.165) is 45.6 Å². The number of nitrogens with one attached hydrogen (secondary N) is 1. The van der Waals surface area contributed by atoms with Gasteiger partial charge in [-0.3, -0.25) is 4.79 Å². The van der Waals surface area contributed by atoms with Gasteiger partial charge in [0.1, 0.15) is 6.04 Å². The summed E-state index contributed by atoms with van der Waals surface area (Å²) >= 11 is 0. The van der Waals surface area contributed by atoms with Crippen LogP contribution in [0.25, 0.3) is 0 Å². The number of carbonyl (C=O) groups excluding carboxylic acids is 1. The standard InChI is InChI=1S/C17H25N3O/c1-13-5-6-16-15(12-13)4-3-9-20(16)14(2)17(21)19-10-7-18-8-11-19/h5-6,12,14,18H,3-4,7-11H2,1-2H3. The maximum Gasteiger partial charge on any atom is 0.245 e. The average Bonchev–Trinajstić information content (AvgIpc) is 2.53. The van der Waals surface area contributed by atoms with Crippen LogP contribution in [0.1, 0.15) is 24.5 Å². The van der Waals surface area contributed by atoms with E-state index in [9.17, 15) is 4.79 Å². The van der Waals surface area contributed by atoms with E-state index in [-0.39, 0.29) is 11.9 Å². The number of fused-ring (bicyclic) bond motifs is 1. The molecule has 1 N–H and O–H groups in total. The molecule has 2 aliphatic rings. The molecular weight excluding hydrogens is 262 g/mol. The van der Waals surface area contributed by atoms with Crippen molar-refractivity contribution in [2.75, 3.05) is 37.6 Å². The highest BCUT2D eigenvalue weighted by atomic mass is 16.2. The largest absolute Gasteiger partial charge is 0.360 e. The molecule has 114 valence electrons. The molecule has 1 unspecified atom stereocenters. The van der Waals surface area contributed by atoms with Gasteiger partial charge in [0.25, 0.3) is 0 Å². The Morgan fingerprint density at radius 2 is 2.00 bits per heavy atom. The predicted molar refractivity (Wildman–Crippen MR) is 85.8 cm³/mol. The number of piperazine rings is 1. The summed E-state index contributed by atoms with van der Waals surface area (Å²) in [5.41, 5.74) is 3.95. The molecule has 3 rings (SSSR count). The number of rotatable bonds is 2. The second-order valence-electron chi connectivity index (χ2n) is 6.18. The lowest BCUT2D eigenvalue weighted by molar-refractivity contribution is -0.132. The van der Waals surface area contributed by atoms with Crippen molar-refractivity contribution >= 4 is 11.6 Å². The highest BCUT2D eigenvalue weighted by molar-refractivity contribution is 5.85. The van der Waals surface area contributed by atoms with E-state index in [0.29, 0.717) is 0 Å². The summed E-state index contributed by atoms with van der Waals surface area (Å²) in [6.45, 7) is 8.65. The fourth-order valence-corrected chi connectivity index (χ4v) is 3.44. The van der Waals surface area contributed by atoms with Gasteiger partial charge in [0, 0.05) is 38.4 Å². The molecule has 21 heavy (non-hydrogen) atoms. The Bertz CT molecular complexity index is 523. The van der Waals surface area contributed by atoms with Crippen LogP contribution in [0.3, 0.4) is 0 Å². The molecule has 0 aliphatic carbocycles. The highest BCUT2D eigenvalue weighted by Gasteiger charge is 2.29. The predicted octanol–water partition coefficient (Wildman–Crippen LogP) is 1.57. The Labute approximate surface area is 127 Å². The number of amides is 1. The van der Waals surface area contributed by atoms with Crippen LogP contribution in [0.5, 0.6) is 0 Å². The third-order valence-electron chi connectivity index (χ3n) is 4.64. The van der Waals surface area contributed by atoms with Gasteiger partial charge in [-0.25, -0.2) is 0 Å². The Morgan fingerprint density at radius 1 is 1.24 bits per heavy atom. The number of anilines is 1. The number of carbonyl (C=O) groups is 1. The maximum absolute atomic E-state index is 12.7. The zero-order valence-corrected chi connectivity index (χ0v) is 13.1. The minimum atomic E-state index is -0.0649. The second-order valence-corrected chi connectivity index (χ2v) is 6.18. The van der Waals surface area contributed by atoms with Crippen LogP contribution in [0, 0.1) is 6.92 Å². The Morgan fingerprint density at radius 3 is 2.76 bits per heavy atom. The van der Waals surface area contributed by atoms with Crippen LogP contribution in [0.2, 0.25) is 0 Å². The molecule has 1 aromatic carbocycles. The van der Waals surface area contributed by atoms with E-state index in [1.165, 1.54) is 16.8 Å². The summed E-state index contributed by atoms with van der Waals surface area (Å²) in [5.74, 6) is 0.268. The molecule has 4 heteroatoms. The molecule has 1 saturated heterocycles. The molecule has 2 heterocycles. The quantitative estimate of drug-likeness (QED) is 0.897. The van der Waals surface area contributed by atoms with Crippen LogP contribution in [-0.4, -0.2) is 49.6 Å². The van der Waals surface area contributed by atoms with E-state index in [1.807, 2.05) is 4.90 Å². The summed E-state index contributed by atoms with van der Waals surface area (Å²) in [7, 11) is 0. The minimum absolute atomic E-state index is 0.0649. The fourth-order valence-electron chi connectivity index (χ4n) is 3.44. The summed E-state index contributed by atoms with van der Waals surface area (Å²) in [4.78, 5) is 17.0. The molecule has 1 atom stereocenters. The smallest absolute Gasteiger partial charge is 0.245 e. The molecule has 1 fully saturated rings. The normalized spacial score (nSPS) is 20.1. The highest BCUT2D eigenvalue weighted by Crippen LogP contribution is 2.30. The first kappa shape index (κ1) is 14.4. The van der Waals surface area contributed by atoms with Gasteiger partial charge in [0.15, 0.2) is 0 Å². The number of benzene rings is 1. The zero-order valence-electron chi connectivity index (χ0n) is 13.1. The lowest BCUT2D eigenvalue weighted by atomic mass is 9.98. The van der Waals surface area contributed by atoms with Gasteiger partial charge in [-0.2, -0.15) is 0 Å². The van der Waals surface area contributed by atoms with Crippen molar-refractivity contribution < 1.29 is 4.79 Å². The lowest BCUT2D eigenvalue weighted by Crippen LogP contribution is -2.54. The Balaban J connectivity index is 1.79.